The first-order chi connectivity index (χ1) is 17.2. The average Bonchev–Trinajstić information content (AvgIpc) is 3.43. The third-order valence-electron chi connectivity index (χ3n) is 6.99. The van der Waals surface area contributed by atoms with E-state index in [-0.39, 0.29) is 0 Å². The minimum Gasteiger partial charge on any atom is -0.339 e. The minimum absolute atomic E-state index is 0.807. The third kappa shape index (κ3) is 3.00. The number of para-hydroxylation sites is 2. The lowest BCUT2D eigenvalue weighted by Crippen LogP contribution is -1.95. The number of nitrogens with one attached hydrogen (secondary N) is 1. The highest BCUT2D eigenvalue weighted by Gasteiger charge is 2.15. The van der Waals surface area contributed by atoms with Crippen LogP contribution >= 0.6 is 0 Å². The molecule has 0 atom stereocenters. The van der Waals surface area contributed by atoms with E-state index in [1.54, 1.807) is 0 Å². The zero-order valence-corrected chi connectivity index (χ0v) is 19.7. The molecular weight excluding hydrogens is 428 g/mol. The number of hydrogen-bond donors (Lipinski definition) is 1. The Morgan fingerprint density at radius 2 is 1.43 bits per heavy atom. The summed E-state index contributed by atoms with van der Waals surface area (Å²) in [6, 6.07) is 32.7. The molecule has 0 saturated heterocycles. The molecule has 0 amide bonds. The minimum atomic E-state index is 0.807. The van der Waals surface area contributed by atoms with Crippen LogP contribution in [0.25, 0.3) is 60.6 Å². The smallest absolute Gasteiger partial charge is 0.142 e. The molecule has 0 aliphatic heterocycles. The van der Waals surface area contributed by atoms with Gasteiger partial charge in [0.05, 0.1) is 16.7 Å². The summed E-state index contributed by atoms with van der Waals surface area (Å²) in [7, 11) is 0. The van der Waals surface area contributed by atoms with E-state index < -0.39 is 0 Å². The molecule has 1 N–H and O–H groups in total. The van der Waals surface area contributed by atoms with Gasteiger partial charge >= 0.3 is 0 Å². The van der Waals surface area contributed by atoms with Crippen LogP contribution in [0.15, 0.2) is 91.0 Å². The van der Waals surface area contributed by atoms with Gasteiger partial charge in [0.2, 0.25) is 0 Å². The average molecular weight is 453 g/mol. The fourth-order valence-corrected chi connectivity index (χ4v) is 5.43. The molecule has 0 radical (unpaired) electrons. The molecule has 35 heavy (non-hydrogen) atoms. The summed E-state index contributed by atoms with van der Waals surface area (Å²) in [4.78, 5) is 12.9. The van der Waals surface area contributed by atoms with Crippen molar-refractivity contribution in [1.82, 2.24) is 19.5 Å². The van der Waals surface area contributed by atoms with E-state index in [0.29, 0.717) is 0 Å². The molecule has 0 saturated carbocycles. The van der Waals surface area contributed by atoms with Crippen LogP contribution in [0.4, 0.5) is 0 Å². The molecular formula is C31H24N4. The van der Waals surface area contributed by atoms with Gasteiger partial charge in [0.1, 0.15) is 11.5 Å². The molecule has 0 aliphatic rings. The van der Waals surface area contributed by atoms with Crippen LogP contribution in [0.5, 0.6) is 0 Å². The predicted octanol–water partition coefficient (Wildman–Crippen LogP) is 7.75. The molecule has 0 aliphatic carbocycles. The maximum atomic E-state index is 4.72. The highest BCUT2D eigenvalue weighted by molar-refractivity contribution is 6.11. The van der Waals surface area contributed by atoms with Gasteiger partial charge in [0, 0.05) is 32.7 Å². The molecule has 0 bridgehead atoms. The SMILES string of the molecule is CCc1nc(C)nc2[nH]c3ccc(-c4ccc5c(c4)c4ccccc4n5-c4ccccc4)cc3c12. The van der Waals surface area contributed by atoms with Crippen LogP contribution in [-0.2, 0) is 6.42 Å². The van der Waals surface area contributed by atoms with Gasteiger partial charge in [-0.1, -0.05) is 55.5 Å². The molecule has 4 heteroatoms. The highest BCUT2D eigenvalue weighted by Crippen LogP contribution is 2.36. The number of benzene rings is 4. The van der Waals surface area contributed by atoms with Gasteiger partial charge in [-0.05, 0) is 66.9 Å². The van der Waals surface area contributed by atoms with Gasteiger partial charge in [-0.15, -0.1) is 0 Å². The zero-order chi connectivity index (χ0) is 23.5. The predicted molar refractivity (Wildman–Crippen MR) is 145 cm³/mol. The lowest BCUT2D eigenvalue weighted by molar-refractivity contribution is 0.979. The summed E-state index contributed by atoms with van der Waals surface area (Å²) >= 11 is 0. The summed E-state index contributed by atoms with van der Waals surface area (Å²) in [5, 5.41) is 4.84. The van der Waals surface area contributed by atoms with Crippen molar-refractivity contribution >= 4 is 43.7 Å². The van der Waals surface area contributed by atoms with E-state index in [0.717, 1.165) is 34.5 Å². The zero-order valence-electron chi connectivity index (χ0n) is 19.7. The Morgan fingerprint density at radius 3 is 2.26 bits per heavy atom. The lowest BCUT2D eigenvalue weighted by Gasteiger charge is -2.08. The van der Waals surface area contributed by atoms with Crippen molar-refractivity contribution in [2.24, 2.45) is 0 Å². The highest BCUT2D eigenvalue weighted by atomic mass is 15.0. The molecule has 3 heterocycles. The summed E-state index contributed by atoms with van der Waals surface area (Å²) in [5.74, 6) is 0.807. The molecule has 0 unspecified atom stereocenters. The number of aryl methyl sites for hydroxylation is 2. The Balaban J connectivity index is 1.47. The Hall–Kier alpha value is -4.44. The van der Waals surface area contributed by atoms with E-state index in [4.69, 9.17) is 4.98 Å². The van der Waals surface area contributed by atoms with Crippen LogP contribution in [-0.4, -0.2) is 19.5 Å². The Labute approximate surface area is 202 Å². The summed E-state index contributed by atoms with van der Waals surface area (Å²) in [5.41, 5.74) is 9.12. The number of aromatic amines is 1. The molecule has 7 aromatic rings. The van der Waals surface area contributed by atoms with Gasteiger partial charge in [-0.2, -0.15) is 0 Å². The summed E-state index contributed by atoms with van der Waals surface area (Å²) < 4.78 is 2.35. The van der Waals surface area contributed by atoms with Crippen molar-refractivity contribution < 1.29 is 0 Å². The largest absolute Gasteiger partial charge is 0.339 e. The Kier molecular flexibility index (Phi) is 4.30. The van der Waals surface area contributed by atoms with Gasteiger partial charge in [-0.25, -0.2) is 9.97 Å². The van der Waals surface area contributed by atoms with E-state index >= 15 is 0 Å². The van der Waals surface area contributed by atoms with Gasteiger partial charge in [0.15, 0.2) is 0 Å². The molecule has 4 nitrogen and oxygen atoms in total. The first-order valence-corrected chi connectivity index (χ1v) is 12.1. The van der Waals surface area contributed by atoms with Crippen molar-refractivity contribution in [3.63, 3.8) is 0 Å². The first-order valence-electron chi connectivity index (χ1n) is 12.1. The standard InChI is InChI=1S/C31H24N4/c1-3-26-30-25-18-20(13-15-27(25)34-31(30)33-19(2)32-26)21-14-16-29-24(17-21)23-11-7-8-12-28(23)35(29)22-9-5-4-6-10-22/h4-18H,3H2,1-2H3,(H,32,33,34). The molecule has 0 spiro atoms. The number of rotatable bonds is 3. The molecule has 4 aromatic carbocycles. The number of hydrogen-bond acceptors (Lipinski definition) is 2. The maximum absolute atomic E-state index is 4.72. The molecule has 7 rings (SSSR count). The van der Waals surface area contributed by atoms with Crippen molar-refractivity contribution in [1.29, 1.82) is 0 Å². The summed E-state index contributed by atoms with van der Waals surface area (Å²) in [6.07, 6.45) is 0.877. The topological polar surface area (TPSA) is 46.5 Å². The van der Waals surface area contributed by atoms with Gasteiger partial charge in [0.25, 0.3) is 0 Å². The van der Waals surface area contributed by atoms with E-state index in [1.807, 2.05) is 6.92 Å². The Bertz CT molecular complexity index is 1890. The van der Waals surface area contributed by atoms with Crippen LogP contribution in [0.1, 0.15) is 18.4 Å². The fourth-order valence-electron chi connectivity index (χ4n) is 5.43. The van der Waals surface area contributed by atoms with Crippen molar-refractivity contribution in [3.05, 3.63) is 103 Å². The second kappa shape index (κ2) is 7.54. The lowest BCUT2D eigenvalue weighted by atomic mass is 10.0. The van der Waals surface area contributed by atoms with Crippen molar-refractivity contribution in [2.45, 2.75) is 20.3 Å². The molecule has 168 valence electrons. The molecule has 3 aromatic heterocycles. The first kappa shape index (κ1) is 20.0. The normalized spacial score (nSPS) is 11.8. The maximum Gasteiger partial charge on any atom is 0.142 e. The number of H-pyrrole nitrogens is 1. The summed E-state index contributed by atoms with van der Waals surface area (Å²) in [6.45, 7) is 4.11. The second-order valence-corrected chi connectivity index (χ2v) is 9.10. The molecule has 0 fully saturated rings. The monoisotopic (exact) mass is 452 g/mol. The van der Waals surface area contributed by atoms with E-state index in [1.165, 1.54) is 44.0 Å². The number of nitrogens with zero attached hydrogens (tertiary/aromatic N) is 3. The quantitative estimate of drug-likeness (QED) is 0.298. The second-order valence-electron chi connectivity index (χ2n) is 9.10. The van der Waals surface area contributed by atoms with Crippen LogP contribution in [0.3, 0.4) is 0 Å². The van der Waals surface area contributed by atoms with Crippen LogP contribution in [0, 0.1) is 6.92 Å². The fraction of sp³-hybridized carbons (Fsp3) is 0.0968. The van der Waals surface area contributed by atoms with Crippen molar-refractivity contribution in [2.75, 3.05) is 0 Å². The Morgan fingerprint density at radius 1 is 0.714 bits per heavy atom. The number of aromatic nitrogens is 4. The van der Waals surface area contributed by atoms with E-state index in [9.17, 15) is 0 Å². The third-order valence-corrected chi connectivity index (χ3v) is 6.99. The van der Waals surface area contributed by atoms with Crippen LogP contribution in [0.2, 0.25) is 0 Å². The number of fused-ring (bicyclic) bond motifs is 6. The van der Waals surface area contributed by atoms with E-state index in [2.05, 4.69) is 112 Å². The van der Waals surface area contributed by atoms with Gasteiger partial charge < -0.3 is 9.55 Å². The van der Waals surface area contributed by atoms with Gasteiger partial charge in [-0.3, -0.25) is 0 Å². The van der Waals surface area contributed by atoms with Crippen LogP contribution < -0.4 is 0 Å². The van der Waals surface area contributed by atoms with Crippen molar-refractivity contribution in [3.8, 4) is 16.8 Å².